The van der Waals surface area contributed by atoms with Crippen molar-refractivity contribution < 1.29 is 26.3 Å². The summed E-state index contributed by atoms with van der Waals surface area (Å²) in [7, 11) is -9.11. The topological polar surface area (TPSA) is 219 Å². The number of azo groups is 1. The Bertz CT molecular complexity index is 1160. The van der Waals surface area contributed by atoms with E-state index in [9.17, 15) is 26.3 Å². The van der Waals surface area contributed by atoms with E-state index in [0.29, 0.717) is 13.0 Å². The number of primary sulfonamides is 1. The van der Waals surface area contributed by atoms with Gasteiger partial charge in [0.1, 0.15) is 16.0 Å². The highest BCUT2D eigenvalue weighted by atomic mass is 32.2. The van der Waals surface area contributed by atoms with Crippen molar-refractivity contribution in [1.82, 2.24) is 4.72 Å². The number of aliphatic hydroxyl groups is 1. The predicted molar refractivity (Wildman–Crippen MR) is 119 cm³/mol. The molecule has 0 aromatic heterocycles. The van der Waals surface area contributed by atoms with Gasteiger partial charge < -0.3 is 21.5 Å². The number of anilines is 1. The minimum absolute atomic E-state index is 0.0856. The molecule has 0 amide bonds. The number of hydrogen-bond acceptors (Lipinski definition) is 11. The number of aliphatic hydroxyl groups excluding tert-OH is 1. The van der Waals surface area contributed by atoms with Gasteiger partial charge in [0.05, 0.1) is 11.7 Å². The van der Waals surface area contributed by atoms with Gasteiger partial charge in [-0.15, -0.1) is 5.11 Å². The maximum atomic E-state index is 14.6. The van der Waals surface area contributed by atoms with E-state index in [-0.39, 0.29) is 49.3 Å². The van der Waals surface area contributed by atoms with Crippen molar-refractivity contribution in [2.45, 2.75) is 28.5 Å². The average Bonchev–Trinajstić information content (AvgIpc) is 3.30. The van der Waals surface area contributed by atoms with Crippen LogP contribution in [0, 0.1) is 5.92 Å². The molecule has 8 N–H and O–H groups in total. The summed E-state index contributed by atoms with van der Waals surface area (Å²) >= 11 is 0. The molecule has 3 atom stereocenters. The molecular weight excluding hydrogens is 479 g/mol. The van der Waals surface area contributed by atoms with Crippen LogP contribution in [0.4, 0.5) is 10.1 Å². The molecule has 16 heteroatoms. The minimum Gasteiger partial charge on any atom is -0.390 e. The van der Waals surface area contributed by atoms with Crippen molar-refractivity contribution >= 4 is 31.6 Å². The Morgan fingerprint density at radius 2 is 2.00 bits per heavy atom. The number of amidine groups is 1. The second-order valence-corrected chi connectivity index (χ2v) is 10.9. The zero-order valence-corrected chi connectivity index (χ0v) is 19.3. The number of hydrogen-bond donors (Lipinski definition) is 5. The third kappa shape index (κ3) is 5.53. The molecule has 1 fully saturated rings. The number of halogens is 1. The van der Waals surface area contributed by atoms with E-state index in [1.165, 1.54) is 6.07 Å². The molecule has 1 saturated heterocycles. The summed E-state index contributed by atoms with van der Waals surface area (Å²) in [6, 6.07) is 2.41. The summed E-state index contributed by atoms with van der Waals surface area (Å²) in [5, 5.41) is 22.6. The van der Waals surface area contributed by atoms with Crippen LogP contribution in [0.2, 0.25) is 0 Å². The molecule has 1 aromatic carbocycles. The van der Waals surface area contributed by atoms with Crippen molar-refractivity contribution in [1.29, 1.82) is 0 Å². The molecule has 0 bridgehead atoms. The molecule has 3 rings (SSSR count). The molecule has 13 nitrogen and oxygen atoms in total. The summed E-state index contributed by atoms with van der Waals surface area (Å²) in [4.78, 5) is 4.22. The number of rotatable bonds is 9. The van der Waals surface area contributed by atoms with Gasteiger partial charge in [-0.2, -0.15) is 5.11 Å². The molecule has 0 saturated carbocycles. The van der Waals surface area contributed by atoms with E-state index in [1.54, 1.807) is 4.90 Å². The van der Waals surface area contributed by atoms with E-state index in [4.69, 9.17) is 16.6 Å². The zero-order chi connectivity index (χ0) is 24.4. The van der Waals surface area contributed by atoms with Crippen LogP contribution >= 0.6 is 0 Å². The Hall–Kier alpha value is -2.08. The lowest BCUT2D eigenvalue weighted by atomic mass is 9.94. The van der Waals surface area contributed by atoms with Gasteiger partial charge in [-0.1, -0.05) is 0 Å². The normalized spacial score (nSPS) is 22.5. The highest BCUT2D eigenvalue weighted by Crippen LogP contribution is 2.36. The van der Waals surface area contributed by atoms with E-state index in [2.05, 4.69) is 19.9 Å². The highest BCUT2D eigenvalue weighted by Gasteiger charge is 2.36. The summed E-state index contributed by atoms with van der Waals surface area (Å²) in [6.07, 6.45) is -2.05. The largest absolute Gasteiger partial charge is 0.390 e. The fourth-order valence-corrected chi connectivity index (χ4v) is 6.36. The van der Waals surface area contributed by atoms with Gasteiger partial charge >= 0.3 is 0 Å². The predicted octanol–water partition coefficient (Wildman–Crippen LogP) is -1.78. The molecule has 2 aliphatic rings. The third-order valence-electron chi connectivity index (χ3n) is 5.45. The molecule has 0 unspecified atom stereocenters. The van der Waals surface area contributed by atoms with Crippen molar-refractivity contribution in [2.75, 3.05) is 44.3 Å². The van der Waals surface area contributed by atoms with Crippen LogP contribution in [-0.2, 0) is 20.0 Å². The fourth-order valence-electron chi connectivity index (χ4n) is 3.69. The molecule has 2 aliphatic heterocycles. The van der Waals surface area contributed by atoms with Crippen LogP contribution in [0.1, 0.15) is 12.0 Å². The van der Waals surface area contributed by atoms with E-state index in [0.717, 1.165) is 6.07 Å². The lowest BCUT2D eigenvalue weighted by Crippen LogP contribution is -2.45. The Labute approximate surface area is 191 Å². The van der Waals surface area contributed by atoms with Crippen molar-refractivity contribution in [3.05, 3.63) is 17.7 Å². The molecule has 184 valence electrons. The summed E-state index contributed by atoms with van der Waals surface area (Å²) in [6.45, 7) is -0.320. The van der Waals surface area contributed by atoms with Crippen molar-refractivity contribution in [2.24, 2.45) is 37.7 Å². The van der Waals surface area contributed by atoms with Crippen molar-refractivity contribution in [3.8, 4) is 0 Å². The summed E-state index contributed by atoms with van der Waals surface area (Å²) in [5.41, 5.74) is 10.9. The van der Waals surface area contributed by atoms with Crippen LogP contribution in [-0.4, -0.2) is 79.4 Å². The Morgan fingerprint density at radius 1 is 1.27 bits per heavy atom. The molecule has 33 heavy (non-hydrogen) atoms. The average molecular weight is 507 g/mol. The number of nitrogens with one attached hydrogen (secondary N) is 1. The number of sulfonamides is 2. The van der Waals surface area contributed by atoms with Crippen molar-refractivity contribution in [3.63, 3.8) is 0 Å². The second kappa shape index (κ2) is 10.0. The summed E-state index contributed by atoms with van der Waals surface area (Å²) < 4.78 is 67.9. The SMILES string of the molecule is NC[C@@H](O)CNS(=O)(=O)c1ccc(N2CC[C@H](CN)[C@@H](F)C2)c(C2=NCN=N2)c1S(N)(=O)=O. The van der Waals surface area contributed by atoms with Crippen LogP contribution in [0.5, 0.6) is 0 Å². The van der Waals surface area contributed by atoms with Gasteiger partial charge in [-0.05, 0) is 25.1 Å². The first-order chi connectivity index (χ1) is 15.5. The van der Waals surface area contributed by atoms with Crippen LogP contribution in [0.15, 0.2) is 37.1 Å². The van der Waals surface area contributed by atoms with Crippen LogP contribution in [0.25, 0.3) is 0 Å². The van der Waals surface area contributed by atoms with Gasteiger partial charge in [0.25, 0.3) is 0 Å². The molecule has 0 aliphatic carbocycles. The number of nitrogens with zero attached hydrogens (tertiary/aromatic N) is 4. The standard InChI is InChI=1S/C17H27FN8O5S2/c18-12-8-26(4-3-10(12)5-19)13-1-2-14(33(30,31)24-7-11(27)6-20)16(32(21,28)29)15(13)17-22-9-23-25-17/h1-2,10-12,24,27H,3-9,19-20H2,(H2,21,28,29)/t10-,11-,12+/m1/s1. The Balaban J connectivity index is 2.19. The van der Waals surface area contributed by atoms with Crippen LogP contribution < -0.4 is 26.2 Å². The van der Waals surface area contributed by atoms with Gasteiger partial charge in [0.15, 0.2) is 12.5 Å². The van der Waals surface area contributed by atoms with Gasteiger partial charge in [-0.25, -0.2) is 36.1 Å². The zero-order valence-electron chi connectivity index (χ0n) is 17.6. The van der Waals surface area contributed by atoms with E-state index >= 15 is 0 Å². The second-order valence-electron chi connectivity index (χ2n) is 7.68. The maximum absolute atomic E-state index is 14.6. The molecule has 0 spiro atoms. The molecule has 0 radical (unpaired) electrons. The molecule has 1 aromatic rings. The van der Waals surface area contributed by atoms with E-state index < -0.39 is 48.7 Å². The first-order valence-corrected chi connectivity index (χ1v) is 13.1. The number of nitrogens with two attached hydrogens (primary N) is 3. The lowest BCUT2D eigenvalue weighted by molar-refractivity contribution is 0.186. The quantitative estimate of drug-likeness (QED) is 0.257. The minimum atomic E-state index is -4.65. The monoisotopic (exact) mass is 506 g/mol. The summed E-state index contributed by atoms with van der Waals surface area (Å²) in [5.74, 6) is -0.479. The van der Waals surface area contributed by atoms with Crippen LogP contribution in [0.3, 0.4) is 0 Å². The fraction of sp³-hybridized carbons (Fsp3) is 0.588. The lowest BCUT2D eigenvalue weighted by Gasteiger charge is -2.37. The molecule has 2 heterocycles. The first-order valence-electron chi connectivity index (χ1n) is 10.1. The van der Waals surface area contributed by atoms with Gasteiger partial charge in [0, 0.05) is 37.8 Å². The number of alkyl halides is 1. The third-order valence-corrected chi connectivity index (χ3v) is 8.04. The number of benzene rings is 1. The Kier molecular flexibility index (Phi) is 7.77. The van der Waals surface area contributed by atoms with Gasteiger partial charge in [-0.3, -0.25) is 0 Å². The number of aliphatic imine (C=N–C) groups is 1. The highest BCUT2D eigenvalue weighted by molar-refractivity contribution is 7.92. The molecular formula is C17H27FN8O5S2. The Morgan fingerprint density at radius 3 is 2.55 bits per heavy atom. The number of piperidine rings is 1. The smallest absolute Gasteiger partial charge is 0.242 e. The maximum Gasteiger partial charge on any atom is 0.242 e. The van der Waals surface area contributed by atoms with Gasteiger partial charge in [0.2, 0.25) is 20.0 Å². The van der Waals surface area contributed by atoms with E-state index in [1.807, 2.05) is 0 Å². The first kappa shape index (κ1) is 25.5.